The monoisotopic (exact) mass is 231 g/mol. The van der Waals surface area contributed by atoms with Gasteiger partial charge in [0, 0.05) is 5.56 Å². The highest BCUT2D eigenvalue weighted by Crippen LogP contribution is 2.25. The molecule has 4 N–H and O–H groups in total. The molecule has 0 bridgehead atoms. The molecule has 5 heteroatoms. The van der Waals surface area contributed by atoms with Gasteiger partial charge in [-0.15, -0.1) is 0 Å². The number of carboxylic acids is 1. The van der Waals surface area contributed by atoms with E-state index in [1.54, 1.807) is 0 Å². The van der Waals surface area contributed by atoms with Crippen molar-refractivity contribution in [2.24, 2.45) is 0 Å². The first kappa shape index (κ1) is 11.2. The van der Waals surface area contributed by atoms with Gasteiger partial charge in [0.15, 0.2) is 0 Å². The van der Waals surface area contributed by atoms with Crippen LogP contribution in [-0.4, -0.2) is 21.3 Å². The molecule has 0 aliphatic rings. The van der Waals surface area contributed by atoms with Gasteiger partial charge in [-0.2, -0.15) is 5.10 Å². The maximum Gasteiger partial charge on any atom is 0.308 e. The number of hydrogen-bond acceptors (Lipinski definition) is 3. The molecule has 0 saturated carbocycles. The van der Waals surface area contributed by atoms with Crippen molar-refractivity contribution in [2.45, 2.75) is 13.3 Å². The molecule has 1 aromatic heterocycles. The molecule has 2 rings (SSSR count). The zero-order chi connectivity index (χ0) is 12.4. The smallest absolute Gasteiger partial charge is 0.308 e. The number of nitrogens with two attached hydrogens (primary N) is 1. The second-order valence-corrected chi connectivity index (χ2v) is 3.90. The Balaban J connectivity index is 2.45. The number of hydrogen-bond donors (Lipinski definition) is 3. The SMILES string of the molecule is Cc1ccc(-c2[nH]nc(N)c2CC(=O)O)cc1. The lowest BCUT2D eigenvalue weighted by Crippen LogP contribution is -2.03. The van der Waals surface area contributed by atoms with Crippen molar-refractivity contribution in [1.82, 2.24) is 10.2 Å². The fourth-order valence-electron chi connectivity index (χ4n) is 1.67. The molecule has 0 aliphatic carbocycles. The number of benzene rings is 1. The van der Waals surface area contributed by atoms with Crippen molar-refractivity contribution >= 4 is 11.8 Å². The van der Waals surface area contributed by atoms with Crippen LogP contribution >= 0.6 is 0 Å². The number of nitrogens with zero attached hydrogens (tertiary/aromatic N) is 1. The molecule has 0 radical (unpaired) electrons. The summed E-state index contributed by atoms with van der Waals surface area (Å²) in [7, 11) is 0. The van der Waals surface area contributed by atoms with Gasteiger partial charge in [0.25, 0.3) is 0 Å². The number of anilines is 1. The van der Waals surface area contributed by atoms with E-state index >= 15 is 0 Å². The number of H-pyrrole nitrogens is 1. The number of aryl methyl sites for hydroxylation is 1. The second-order valence-electron chi connectivity index (χ2n) is 3.90. The van der Waals surface area contributed by atoms with Crippen molar-refractivity contribution in [3.63, 3.8) is 0 Å². The highest BCUT2D eigenvalue weighted by molar-refractivity contribution is 5.78. The van der Waals surface area contributed by atoms with E-state index in [-0.39, 0.29) is 12.2 Å². The largest absolute Gasteiger partial charge is 0.481 e. The third-order valence-corrected chi connectivity index (χ3v) is 2.57. The molecular weight excluding hydrogens is 218 g/mol. The average Bonchev–Trinajstić information content (AvgIpc) is 2.61. The summed E-state index contributed by atoms with van der Waals surface area (Å²) in [6, 6.07) is 7.73. The van der Waals surface area contributed by atoms with Gasteiger partial charge in [-0.3, -0.25) is 9.89 Å². The number of aromatic amines is 1. The second kappa shape index (κ2) is 4.29. The molecular formula is C12H13N3O2. The Morgan fingerprint density at radius 2 is 2.06 bits per heavy atom. The molecule has 1 aromatic carbocycles. The Labute approximate surface area is 98.3 Å². The summed E-state index contributed by atoms with van der Waals surface area (Å²) >= 11 is 0. The summed E-state index contributed by atoms with van der Waals surface area (Å²) in [5, 5.41) is 15.5. The molecule has 0 unspecified atom stereocenters. The van der Waals surface area contributed by atoms with E-state index in [9.17, 15) is 4.79 Å². The highest BCUT2D eigenvalue weighted by Gasteiger charge is 2.15. The van der Waals surface area contributed by atoms with Crippen LogP contribution in [-0.2, 0) is 11.2 Å². The lowest BCUT2D eigenvalue weighted by Gasteiger charge is -2.02. The molecule has 0 saturated heterocycles. The molecule has 5 nitrogen and oxygen atoms in total. The van der Waals surface area contributed by atoms with E-state index in [0.29, 0.717) is 11.3 Å². The van der Waals surface area contributed by atoms with Crippen molar-refractivity contribution in [3.8, 4) is 11.3 Å². The van der Waals surface area contributed by atoms with Crippen LogP contribution in [0.5, 0.6) is 0 Å². The lowest BCUT2D eigenvalue weighted by molar-refractivity contribution is -0.136. The predicted octanol–water partition coefficient (Wildman–Crippen LogP) is 1.59. The fourth-order valence-corrected chi connectivity index (χ4v) is 1.67. The van der Waals surface area contributed by atoms with Gasteiger partial charge < -0.3 is 10.8 Å². The minimum absolute atomic E-state index is 0.133. The minimum Gasteiger partial charge on any atom is -0.481 e. The molecule has 0 amide bonds. The van der Waals surface area contributed by atoms with Gasteiger partial charge in [-0.1, -0.05) is 29.8 Å². The molecule has 1 heterocycles. The van der Waals surface area contributed by atoms with Gasteiger partial charge in [0.2, 0.25) is 0 Å². The summed E-state index contributed by atoms with van der Waals surface area (Å²) < 4.78 is 0. The fraction of sp³-hybridized carbons (Fsp3) is 0.167. The van der Waals surface area contributed by atoms with Crippen LogP contribution in [0.1, 0.15) is 11.1 Å². The molecule has 0 atom stereocenters. The minimum atomic E-state index is -0.925. The van der Waals surface area contributed by atoms with Crippen LogP contribution in [0.4, 0.5) is 5.82 Å². The van der Waals surface area contributed by atoms with Crippen LogP contribution in [0.25, 0.3) is 11.3 Å². The highest BCUT2D eigenvalue weighted by atomic mass is 16.4. The molecule has 17 heavy (non-hydrogen) atoms. The summed E-state index contributed by atoms with van der Waals surface area (Å²) in [5.41, 5.74) is 8.88. The Morgan fingerprint density at radius 1 is 1.41 bits per heavy atom. The van der Waals surface area contributed by atoms with Crippen LogP contribution in [0.2, 0.25) is 0 Å². The number of aromatic nitrogens is 2. The van der Waals surface area contributed by atoms with E-state index in [0.717, 1.165) is 11.1 Å². The molecule has 0 aliphatic heterocycles. The van der Waals surface area contributed by atoms with Crippen molar-refractivity contribution in [1.29, 1.82) is 0 Å². The molecule has 0 fully saturated rings. The maximum absolute atomic E-state index is 10.8. The van der Waals surface area contributed by atoms with Crippen LogP contribution in [0.15, 0.2) is 24.3 Å². The molecule has 2 aromatic rings. The average molecular weight is 231 g/mol. The summed E-state index contributed by atoms with van der Waals surface area (Å²) in [6.07, 6.45) is -0.133. The van der Waals surface area contributed by atoms with Gasteiger partial charge in [0.05, 0.1) is 12.1 Å². The summed E-state index contributed by atoms with van der Waals surface area (Å²) in [4.78, 5) is 10.8. The summed E-state index contributed by atoms with van der Waals surface area (Å²) in [6.45, 7) is 1.99. The van der Waals surface area contributed by atoms with E-state index < -0.39 is 5.97 Å². The van der Waals surface area contributed by atoms with Gasteiger partial charge in [-0.25, -0.2) is 0 Å². The van der Waals surface area contributed by atoms with Crippen LogP contribution < -0.4 is 5.73 Å². The van der Waals surface area contributed by atoms with Crippen LogP contribution in [0, 0.1) is 6.92 Å². The predicted molar refractivity (Wildman–Crippen MR) is 64.5 cm³/mol. The zero-order valence-electron chi connectivity index (χ0n) is 9.40. The quantitative estimate of drug-likeness (QED) is 0.748. The number of rotatable bonds is 3. The topological polar surface area (TPSA) is 92.0 Å². The number of carbonyl (C=O) groups is 1. The first-order valence-corrected chi connectivity index (χ1v) is 5.19. The zero-order valence-corrected chi connectivity index (χ0v) is 9.40. The Morgan fingerprint density at radius 3 is 2.65 bits per heavy atom. The Bertz CT molecular complexity index is 543. The number of carboxylic acid groups (broad SMARTS) is 1. The summed E-state index contributed by atoms with van der Waals surface area (Å²) in [5.74, 6) is -0.686. The molecule has 88 valence electrons. The van der Waals surface area contributed by atoms with Gasteiger partial charge in [-0.05, 0) is 12.5 Å². The van der Waals surface area contributed by atoms with Gasteiger partial charge >= 0.3 is 5.97 Å². The first-order valence-electron chi connectivity index (χ1n) is 5.19. The standard InChI is InChI=1S/C12H13N3O2/c1-7-2-4-8(5-3-7)11-9(6-10(16)17)12(13)15-14-11/h2-5H,6H2,1H3,(H,16,17)(H3,13,14,15). The van der Waals surface area contributed by atoms with E-state index in [1.807, 2.05) is 31.2 Å². The van der Waals surface area contributed by atoms with Crippen molar-refractivity contribution < 1.29 is 9.90 Å². The van der Waals surface area contributed by atoms with E-state index in [4.69, 9.17) is 10.8 Å². The first-order chi connectivity index (χ1) is 8.08. The maximum atomic E-state index is 10.8. The van der Waals surface area contributed by atoms with E-state index in [2.05, 4.69) is 10.2 Å². The number of aliphatic carboxylic acids is 1. The normalized spacial score (nSPS) is 10.4. The number of nitrogen functional groups attached to an aromatic ring is 1. The number of nitrogens with one attached hydrogen (secondary N) is 1. The lowest BCUT2D eigenvalue weighted by atomic mass is 10.0. The third kappa shape index (κ3) is 2.28. The molecule has 0 spiro atoms. The third-order valence-electron chi connectivity index (χ3n) is 2.57. The Hall–Kier alpha value is -2.30. The van der Waals surface area contributed by atoms with Crippen molar-refractivity contribution in [2.75, 3.05) is 5.73 Å². The van der Waals surface area contributed by atoms with Crippen molar-refractivity contribution in [3.05, 3.63) is 35.4 Å². The van der Waals surface area contributed by atoms with Crippen LogP contribution in [0.3, 0.4) is 0 Å². The Kier molecular flexibility index (Phi) is 2.82. The van der Waals surface area contributed by atoms with E-state index in [1.165, 1.54) is 0 Å². The van der Waals surface area contributed by atoms with Gasteiger partial charge in [0.1, 0.15) is 5.82 Å².